The van der Waals surface area contributed by atoms with Crippen molar-refractivity contribution in [2.75, 3.05) is 18.1 Å². The van der Waals surface area contributed by atoms with Crippen LogP contribution < -0.4 is 20.1 Å². The highest BCUT2D eigenvalue weighted by Crippen LogP contribution is 2.39. The van der Waals surface area contributed by atoms with Gasteiger partial charge in [-0.05, 0) is 42.7 Å². The molecule has 2 aromatic rings. The maximum absolute atomic E-state index is 11.9. The Morgan fingerprint density at radius 3 is 2.72 bits per heavy atom. The summed E-state index contributed by atoms with van der Waals surface area (Å²) in [4.78, 5) is 14.2. The van der Waals surface area contributed by atoms with Crippen molar-refractivity contribution in [1.82, 2.24) is 0 Å². The van der Waals surface area contributed by atoms with Crippen molar-refractivity contribution in [2.45, 2.75) is 31.8 Å². The quantitative estimate of drug-likeness (QED) is 0.935. The van der Waals surface area contributed by atoms with Crippen molar-refractivity contribution >= 4 is 11.6 Å². The highest BCUT2D eigenvalue weighted by Gasteiger charge is 2.33. The maximum atomic E-state index is 11.9. The number of fused-ring (bicyclic) bond motifs is 2. The summed E-state index contributed by atoms with van der Waals surface area (Å²) in [5.74, 6) is 1.13. The number of nitrogens with zero attached hydrogens (tertiary/aromatic N) is 1. The summed E-state index contributed by atoms with van der Waals surface area (Å²) in [5, 5.41) is 0. The Balaban J connectivity index is 1.66. The molecule has 0 spiro atoms. The van der Waals surface area contributed by atoms with Crippen molar-refractivity contribution in [2.24, 2.45) is 5.73 Å². The Hall–Kier alpha value is -2.69. The van der Waals surface area contributed by atoms with Gasteiger partial charge in [-0.1, -0.05) is 24.3 Å². The molecule has 0 unspecified atom stereocenters. The van der Waals surface area contributed by atoms with Crippen LogP contribution in [0.3, 0.4) is 0 Å². The number of hydrogen-bond acceptors (Lipinski definition) is 4. The Morgan fingerprint density at radius 1 is 1.16 bits per heavy atom. The van der Waals surface area contributed by atoms with Crippen molar-refractivity contribution in [3.63, 3.8) is 0 Å². The van der Waals surface area contributed by atoms with Crippen LogP contribution >= 0.6 is 0 Å². The molecule has 2 aliphatic rings. The monoisotopic (exact) mass is 338 g/mol. The summed E-state index contributed by atoms with van der Waals surface area (Å²) < 4.78 is 11.3. The van der Waals surface area contributed by atoms with Crippen molar-refractivity contribution in [3.8, 4) is 11.5 Å². The number of primary amides is 1. The van der Waals surface area contributed by atoms with Crippen LogP contribution in [-0.2, 0) is 11.3 Å². The number of amides is 1. The first-order valence-electron chi connectivity index (χ1n) is 8.67. The molecular weight excluding hydrogens is 316 g/mol. The molecule has 0 bridgehead atoms. The van der Waals surface area contributed by atoms with Gasteiger partial charge in [-0.25, -0.2) is 0 Å². The van der Waals surface area contributed by atoms with Crippen LogP contribution in [0.5, 0.6) is 11.5 Å². The summed E-state index contributed by atoms with van der Waals surface area (Å²) in [5.41, 5.74) is 8.89. The van der Waals surface area contributed by atoms with E-state index in [-0.39, 0.29) is 17.9 Å². The first kappa shape index (κ1) is 15.8. The summed E-state index contributed by atoms with van der Waals surface area (Å²) in [7, 11) is 0. The van der Waals surface area contributed by atoms with E-state index >= 15 is 0 Å². The molecule has 0 radical (unpaired) electrons. The topological polar surface area (TPSA) is 64.8 Å². The van der Waals surface area contributed by atoms with Crippen LogP contribution in [0.15, 0.2) is 42.5 Å². The minimum atomic E-state index is -0.252. The van der Waals surface area contributed by atoms with E-state index < -0.39 is 0 Å². The average Bonchev–Trinajstić information content (AvgIpc) is 2.63. The molecule has 2 heterocycles. The number of nitrogens with two attached hydrogens (primary N) is 1. The van der Waals surface area contributed by atoms with Gasteiger partial charge in [-0.3, -0.25) is 4.79 Å². The number of carbonyl (C=O) groups is 1. The molecule has 0 saturated carbocycles. The van der Waals surface area contributed by atoms with E-state index in [1.54, 1.807) is 0 Å². The lowest BCUT2D eigenvalue weighted by molar-refractivity contribution is -0.119. The van der Waals surface area contributed by atoms with Gasteiger partial charge in [0.05, 0.1) is 5.92 Å². The number of anilines is 1. The molecular formula is C20H22N2O3. The van der Waals surface area contributed by atoms with Gasteiger partial charge in [0, 0.05) is 18.3 Å². The lowest BCUT2D eigenvalue weighted by Crippen LogP contribution is -2.41. The molecule has 0 saturated heterocycles. The minimum absolute atomic E-state index is 0.220. The summed E-state index contributed by atoms with van der Waals surface area (Å²) in [6.07, 6.45) is 0.733. The van der Waals surface area contributed by atoms with Crippen LogP contribution in [0.2, 0.25) is 0 Å². The number of carbonyl (C=O) groups excluding carboxylic acids is 1. The van der Waals surface area contributed by atoms with Gasteiger partial charge in [0.15, 0.2) is 11.5 Å². The Kier molecular flexibility index (Phi) is 3.99. The van der Waals surface area contributed by atoms with Gasteiger partial charge in [-0.15, -0.1) is 0 Å². The zero-order chi connectivity index (χ0) is 17.4. The molecule has 5 nitrogen and oxygen atoms in total. The van der Waals surface area contributed by atoms with Gasteiger partial charge in [0.25, 0.3) is 0 Å². The number of rotatable bonds is 3. The third-order valence-corrected chi connectivity index (χ3v) is 5.03. The summed E-state index contributed by atoms with van der Waals surface area (Å²) >= 11 is 0. The van der Waals surface area contributed by atoms with Crippen molar-refractivity contribution < 1.29 is 14.3 Å². The minimum Gasteiger partial charge on any atom is -0.486 e. The fourth-order valence-electron chi connectivity index (χ4n) is 3.77. The molecule has 25 heavy (non-hydrogen) atoms. The molecule has 130 valence electrons. The lowest BCUT2D eigenvalue weighted by atomic mass is 9.85. The van der Waals surface area contributed by atoms with E-state index in [1.807, 2.05) is 30.3 Å². The van der Waals surface area contributed by atoms with E-state index in [0.717, 1.165) is 41.3 Å². The van der Waals surface area contributed by atoms with Crippen LogP contribution in [0.4, 0.5) is 5.69 Å². The number of para-hydroxylation sites is 1. The predicted molar refractivity (Wildman–Crippen MR) is 96.1 cm³/mol. The molecule has 5 heteroatoms. The molecule has 0 aliphatic carbocycles. The molecule has 0 aromatic heterocycles. The van der Waals surface area contributed by atoms with Gasteiger partial charge < -0.3 is 20.1 Å². The van der Waals surface area contributed by atoms with E-state index in [0.29, 0.717) is 13.2 Å². The van der Waals surface area contributed by atoms with Gasteiger partial charge >= 0.3 is 0 Å². The Labute approximate surface area is 147 Å². The van der Waals surface area contributed by atoms with E-state index in [1.165, 1.54) is 0 Å². The molecule has 2 aliphatic heterocycles. The van der Waals surface area contributed by atoms with Crippen LogP contribution in [0, 0.1) is 0 Å². The van der Waals surface area contributed by atoms with Gasteiger partial charge in [0.1, 0.15) is 13.2 Å². The normalized spacial score (nSPS) is 21.6. The number of benzene rings is 2. The van der Waals surface area contributed by atoms with Crippen molar-refractivity contribution in [1.29, 1.82) is 0 Å². The third-order valence-electron chi connectivity index (χ3n) is 5.03. The molecule has 4 rings (SSSR count). The van der Waals surface area contributed by atoms with Crippen LogP contribution in [-0.4, -0.2) is 25.2 Å². The second kappa shape index (κ2) is 6.31. The van der Waals surface area contributed by atoms with E-state index in [4.69, 9.17) is 15.2 Å². The standard InChI is InChI=1S/C20H22N2O3/c1-13-10-16(20(21)23)15-4-2-3-5-17(15)22(13)12-14-6-7-18-19(11-14)25-9-8-24-18/h2-7,11,13,16H,8-10,12H2,1H3,(H2,21,23)/t13-,16+/m1/s1. The second-order valence-electron chi connectivity index (χ2n) is 6.70. The molecule has 2 N–H and O–H groups in total. The summed E-state index contributed by atoms with van der Waals surface area (Å²) in [6.45, 7) is 4.07. The predicted octanol–water partition coefficient (Wildman–Crippen LogP) is 2.83. The number of ether oxygens (including phenoxy) is 2. The lowest BCUT2D eigenvalue weighted by Gasteiger charge is -2.40. The Morgan fingerprint density at radius 2 is 1.92 bits per heavy atom. The van der Waals surface area contributed by atoms with Gasteiger partial charge in [-0.2, -0.15) is 0 Å². The SMILES string of the molecule is C[C@@H]1C[C@H](C(N)=O)c2ccccc2N1Cc1ccc2c(c1)OCCO2. The van der Waals surface area contributed by atoms with Gasteiger partial charge in [0.2, 0.25) is 5.91 Å². The second-order valence-corrected chi connectivity index (χ2v) is 6.70. The number of hydrogen-bond donors (Lipinski definition) is 1. The van der Waals surface area contributed by atoms with Crippen LogP contribution in [0.25, 0.3) is 0 Å². The first-order chi connectivity index (χ1) is 12.1. The third kappa shape index (κ3) is 2.90. The smallest absolute Gasteiger partial charge is 0.225 e. The van der Waals surface area contributed by atoms with Crippen molar-refractivity contribution in [3.05, 3.63) is 53.6 Å². The molecule has 1 amide bonds. The molecule has 0 fully saturated rings. The van der Waals surface area contributed by atoms with Crippen LogP contribution in [0.1, 0.15) is 30.4 Å². The summed E-state index contributed by atoms with van der Waals surface area (Å²) in [6, 6.07) is 14.4. The highest BCUT2D eigenvalue weighted by atomic mass is 16.6. The zero-order valence-electron chi connectivity index (χ0n) is 14.3. The molecule has 2 aromatic carbocycles. The largest absolute Gasteiger partial charge is 0.486 e. The average molecular weight is 338 g/mol. The fourth-order valence-corrected chi connectivity index (χ4v) is 3.77. The zero-order valence-corrected chi connectivity index (χ0v) is 14.3. The highest BCUT2D eigenvalue weighted by molar-refractivity contribution is 5.85. The molecule has 2 atom stereocenters. The van der Waals surface area contributed by atoms with E-state index in [2.05, 4.69) is 24.0 Å². The maximum Gasteiger partial charge on any atom is 0.225 e. The Bertz CT molecular complexity index is 805. The fraction of sp³-hybridized carbons (Fsp3) is 0.350. The van der Waals surface area contributed by atoms with E-state index in [9.17, 15) is 4.79 Å². The first-order valence-corrected chi connectivity index (χ1v) is 8.67.